The Balaban J connectivity index is 2.05. The molecule has 0 saturated heterocycles. The first-order chi connectivity index (χ1) is 11.1. The highest BCUT2D eigenvalue weighted by Crippen LogP contribution is 2.12. The summed E-state index contributed by atoms with van der Waals surface area (Å²) in [5.41, 5.74) is 3.31. The molecule has 0 aromatic carbocycles. The summed E-state index contributed by atoms with van der Waals surface area (Å²) in [4.78, 5) is 6.75. The van der Waals surface area contributed by atoms with Crippen LogP contribution >= 0.6 is 0 Å². The molecule has 0 aliphatic carbocycles. The summed E-state index contributed by atoms with van der Waals surface area (Å²) in [5, 5.41) is 4.41. The topological polar surface area (TPSA) is 34.0 Å². The van der Waals surface area contributed by atoms with Gasteiger partial charge in [0.15, 0.2) is 0 Å². The molecule has 0 amide bonds. The van der Waals surface area contributed by atoms with Gasteiger partial charge in [0, 0.05) is 19.4 Å². The van der Waals surface area contributed by atoms with Crippen LogP contribution in [0.4, 0.5) is 5.82 Å². The Bertz CT molecular complexity index is 682. The molecule has 122 valence electrons. The molecule has 2 rings (SSSR count). The van der Waals surface area contributed by atoms with E-state index in [-0.39, 0.29) is 0 Å². The van der Waals surface area contributed by atoms with Crippen molar-refractivity contribution in [1.29, 1.82) is 0 Å². The summed E-state index contributed by atoms with van der Waals surface area (Å²) in [6.07, 6.45) is 10.7. The second kappa shape index (κ2) is 8.32. The quantitative estimate of drug-likeness (QED) is 0.714. The number of pyridine rings is 1. The van der Waals surface area contributed by atoms with Gasteiger partial charge in [-0.05, 0) is 44.5 Å². The van der Waals surface area contributed by atoms with Crippen molar-refractivity contribution in [1.82, 2.24) is 14.8 Å². The van der Waals surface area contributed by atoms with Crippen LogP contribution in [0.2, 0.25) is 0 Å². The number of aromatic nitrogens is 3. The number of unbranched alkanes of at least 4 members (excludes halogenated alkanes) is 1. The molecule has 0 fully saturated rings. The smallest absolute Gasteiger partial charge is 0.132 e. The van der Waals surface area contributed by atoms with Crippen LogP contribution in [0.5, 0.6) is 0 Å². The molecule has 4 nitrogen and oxygen atoms in total. The van der Waals surface area contributed by atoms with E-state index in [1.165, 1.54) is 12.0 Å². The van der Waals surface area contributed by atoms with Gasteiger partial charge >= 0.3 is 0 Å². The van der Waals surface area contributed by atoms with Crippen molar-refractivity contribution in [2.75, 3.05) is 11.9 Å². The zero-order valence-electron chi connectivity index (χ0n) is 14.5. The van der Waals surface area contributed by atoms with E-state index in [1.54, 1.807) is 0 Å². The highest BCUT2D eigenvalue weighted by Gasteiger charge is 2.03. The van der Waals surface area contributed by atoms with Gasteiger partial charge in [0.25, 0.3) is 0 Å². The maximum Gasteiger partial charge on any atom is 0.132 e. The van der Waals surface area contributed by atoms with Crippen molar-refractivity contribution >= 4 is 5.82 Å². The van der Waals surface area contributed by atoms with Crippen LogP contribution in [0.3, 0.4) is 0 Å². The first-order valence-electron chi connectivity index (χ1n) is 8.12. The monoisotopic (exact) mass is 310 g/mol. The Morgan fingerprint density at radius 2 is 2.13 bits per heavy atom. The number of aryl methyl sites for hydroxylation is 1. The summed E-state index contributed by atoms with van der Waals surface area (Å²) in [6.45, 7) is 7.00. The van der Waals surface area contributed by atoms with E-state index >= 15 is 0 Å². The SMILES string of the molecule is CCC/C=C(C)/C=C\N(C)c1cccc(Cn2ccc(C)n2)n1. The minimum atomic E-state index is 0.689. The molecule has 0 aliphatic heterocycles. The summed E-state index contributed by atoms with van der Waals surface area (Å²) >= 11 is 0. The predicted molar refractivity (Wildman–Crippen MR) is 96.5 cm³/mol. The fourth-order valence-electron chi connectivity index (χ4n) is 2.21. The van der Waals surface area contributed by atoms with Gasteiger partial charge in [0.05, 0.1) is 17.9 Å². The lowest BCUT2D eigenvalue weighted by atomic mass is 10.2. The Morgan fingerprint density at radius 1 is 1.30 bits per heavy atom. The molecular weight excluding hydrogens is 284 g/mol. The fourth-order valence-corrected chi connectivity index (χ4v) is 2.21. The van der Waals surface area contributed by atoms with Gasteiger partial charge in [-0.2, -0.15) is 5.10 Å². The lowest BCUT2D eigenvalue weighted by Gasteiger charge is -2.14. The van der Waals surface area contributed by atoms with E-state index in [1.807, 2.05) is 54.0 Å². The van der Waals surface area contributed by atoms with E-state index in [0.29, 0.717) is 6.54 Å². The van der Waals surface area contributed by atoms with Crippen molar-refractivity contribution < 1.29 is 0 Å². The molecule has 0 radical (unpaired) electrons. The van der Waals surface area contributed by atoms with Crippen LogP contribution in [0, 0.1) is 6.92 Å². The van der Waals surface area contributed by atoms with Gasteiger partial charge in [0.2, 0.25) is 0 Å². The molecule has 4 heteroatoms. The van der Waals surface area contributed by atoms with Gasteiger partial charge in [-0.3, -0.25) is 4.68 Å². The number of rotatable bonds is 7. The molecule has 0 saturated carbocycles. The van der Waals surface area contributed by atoms with Crippen LogP contribution < -0.4 is 4.90 Å². The van der Waals surface area contributed by atoms with Crippen molar-refractivity contribution in [3.63, 3.8) is 0 Å². The van der Waals surface area contributed by atoms with Crippen LogP contribution in [0.25, 0.3) is 0 Å². The maximum absolute atomic E-state index is 4.71. The summed E-state index contributed by atoms with van der Waals surface area (Å²) in [7, 11) is 2.02. The van der Waals surface area contributed by atoms with Crippen LogP contribution in [0.1, 0.15) is 38.1 Å². The number of hydrogen-bond donors (Lipinski definition) is 0. The first kappa shape index (κ1) is 17.0. The number of allylic oxidation sites excluding steroid dienone is 3. The normalized spacial score (nSPS) is 12.1. The standard InChI is InChI=1S/C19H26N4/c1-5-6-8-16(2)11-13-22(4)19-10-7-9-18(20-19)15-23-14-12-17(3)21-23/h7-14H,5-6,15H2,1-4H3/b13-11-,16-8+. The number of nitrogens with zero attached hydrogens (tertiary/aromatic N) is 4. The van der Waals surface area contributed by atoms with Crippen molar-refractivity contribution in [3.05, 3.63) is 65.8 Å². The molecule has 2 aromatic heterocycles. The minimum absolute atomic E-state index is 0.689. The first-order valence-corrected chi connectivity index (χ1v) is 8.12. The van der Waals surface area contributed by atoms with Crippen LogP contribution in [0.15, 0.2) is 54.4 Å². The number of anilines is 1. The van der Waals surface area contributed by atoms with Crippen LogP contribution in [-0.2, 0) is 6.54 Å². The molecule has 0 atom stereocenters. The molecule has 0 bridgehead atoms. The molecular formula is C19H26N4. The van der Waals surface area contributed by atoms with Crippen molar-refractivity contribution in [2.45, 2.75) is 40.2 Å². The molecule has 2 heterocycles. The average molecular weight is 310 g/mol. The molecule has 23 heavy (non-hydrogen) atoms. The lowest BCUT2D eigenvalue weighted by Crippen LogP contribution is -2.11. The molecule has 0 unspecified atom stereocenters. The van der Waals surface area contributed by atoms with Crippen molar-refractivity contribution in [3.8, 4) is 0 Å². The third-order valence-electron chi connectivity index (χ3n) is 3.57. The second-order valence-electron chi connectivity index (χ2n) is 5.81. The van der Waals surface area contributed by atoms with Gasteiger partial charge in [-0.15, -0.1) is 0 Å². The summed E-state index contributed by atoms with van der Waals surface area (Å²) in [5.74, 6) is 0.936. The van der Waals surface area contributed by atoms with E-state index in [9.17, 15) is 0 Å². The third-order valence-corrected chi connectivity index (χ3v) is 3.57. The highest BCUT2D eigenvalue weighted by molar-refractivity contribution is 5.42. The van der Waals surface area contributed by atoms with E-state index in [2.05, 4.69) is 37.3 Å². The van der Waals surface area contributed by atoms with Gasteiger partial charge in [-0.1, -0.05) is 31.1 Å². The summed E-state index contributed by atoms with van der Waals surface area (Å²) < 4.78 is 1.91. The molecule has 0 spiro atoms. The lowest BCUT2D eigenvalue weighted by molar-refractivity contribution is 0.666. The largest absolute Gasteiger partial charge is 0.336 e. The Kier molecular flexibility index (Phi) is 6.15. The van der Waals surface area contributed by atoms with Gasteiger partial charge in [-0.25, -0.2) is 4.98 Å². The maximum atomic E-state index is 4.71. The number of hydrogen-bond acceptors (Lipinski definition) is 3. The predicted octanol–water partition coefficient (Wildman–Crippen LogP) is 4.33. The summed E-state index contributed by atoms with van der Waals surface area (Å²) in [6, 6.07) is 8.10. The zero-order valence-corrected chi connectivity index (χ0v) is 14.5. The van der Waals surface area contributed by atoms with Crippen LogP contribution in [-0.4, -0.2) is 21.8 Å². The molecule has 0 N–H and O–H groups in total. The second-order valence-corrected chi connectivity index (χ2v) is 5.81. The average Bonchev–Trinajstić information content (AvgIpc) is 2.95. The van der Waals surface area contributed by atoms with E-state index in [0.717, 1.165) is 23.6 Å². The van der Waals surface area contributed by atoms with Gasteiger partial charge < -0.3 is 4.90 Å². The third kappa shape index (κ3) is 5.40. The highest BCUT2D eigenvalue weighted by atomic mass is 15.3. The fraction of sp³-hybridized carbons (Fsp3) is 0.368. The van der Waals surface area contributed by atoms with Gasteiger partial charge in [0.1, 0.15) is 5.82 Å². The minimum Gasteiger partial charge on any atom is -0.336 e. The van der Waals surface area contributed by atoms with E-state index < -0.39 is 0 Å². The molecule has 0 aliphatic rings. The Morgan fingerprint density at radius 3 is 2.83 bits per heavy atom. The van der Waals surface area contributed by atoms with E-state index in [4.69, 9.17) is 4.98 Å². The Hall–Kier alpha value is -2.36. The zero-order chi connectivity index (χ0) is 16.7. The Labute approximate surface area is 139 Å². The molecule has 2 aromatic rings. The van der Waals surface area contributed by atoms with Crippen molar-refractivity contribution in [2.24, 2.45) is 0 Å².